The van der Waals surface area contributed by atoms with Crippen LogP contribution < -0.4 is 4.74 Å². The van der Waals surface area contributed by atoms with Crippen LogP contribution in [0.2, 0.25) is 0 Å². The smallest absolute Gasteiger partial charge is 0.254 e. The number of phenols is 1. The summed E-state index contributed by atoms with van der Waals surface area (Å²) in [5.41, 5.74) is 0.473. The van der Waals surface area contributed by atoms with Crippen molar-refractivity contribution in [2.45, 2.75) is 25.9 Å². The Balaban J connectivity index is 2.08. The SMILES string of the molecule is CCOC1CCCN(C(=O)c2ccc(OC)c(O)c2)C1. The summed E-state index contributed by atoms with van der Waals surface area (Å²) in [6.07, 6.45) is 2.05. The Morgan fingerprint density at radius 2 is 2.30 bits per heavy atom. The zero-order chi connectivity index (χ0) is 14.5. The summed E-state index contributed by atoms with van der Waals surface area (Å²) in [5, 5.41) is 9.75. The molecule has 2 rings (SSSR count). The molecule has 1 heterocycles. The second kappa shape index (κ2) is 6.61. The maximum Gasteiger partial charge on any atom is 0.254 e. The maximum atomic E-state index is 12.4. The first-order valence-electron chi connectivity index (χ1n) is 6.93. The van der Waals surface area contributed by atoms with Crippen LogP contribution in [0.1, 0.15) is 30.1 Å². The molecule has 1 aliphatic rings. The predicted octanol–water partition coefficient (Wildman–Crippen LogP) is 2.04. The van der Waals surface area contributed by atoms with Crippen LogP contribution in [0.4, 0.5) is 0 Å². The summed E-state index contributed by atoms with van der Waals surface area (Å²) in [6.45, 7) is 3.97. The van der Waals surface area contributed by atoms with Crippen molar-refractivity contribution >= 4 is 5.91 Å². The van der Waals surface area contributed by atoms with Gasteiger partial charge in [0.2, 0.25) is 0 Å². The minimum Gasteiger partial charge on any atom is -0.504 e. The summed E-state index contributed by atoms with van der Waals surface area (Å²) in [5.74, 6) is 0.275. The number of nitrogens with zero attached hydrogens (tertiary/aromatic N) is 1. The molecular weight excluding hydrogens is 258 g/mol. The Morgan fingerprint density at radius 3 is 2.95 bits per heavy atom. The number of piperidine rings is 1. The van der Waals surface area contributed by atoms with Crippen LogP contribution in [-0.4, -0.2) is 48.8 Å². The Morgan fingerprint density at radius 1 is 1.50 bits per heavy atom. The molecule has 5 heteroatoms. The van der Waals surface area contributed by atoms with Gasteiger partial charge in [0.05, 0.1) is 13.2 Å². The highest BCUT2D eigenvalue weighted by Crippen LogP contribution is 2.27. The molecule has 0 saturated carbocycles. The number of aromatic hydroxyl groups is 1. The van der Waals surface area contributed by atoms with Gasteiger partial charge in [-0.25, -0.2) is 0 Å². The van der Waals surface area contributed by atoms with Gasteiger partial charge in [0.15, 0.2) is 11.5 Å². The minimum atomic E-state index is -0.0765. The summed E-state index contributed by atoms with van der Waals surface area (Å²) >= 11 is 0. The van der Waals surface area contributed by atoms with Crippen LogP contribution in [0, 0.1) is 0 Å². The molecule has 5 nitrogen and oxygen atoms in total. The van der Waals surface area contributed by atoms with Crippen LogP contribution in [0.15, 0.2) is 18.2 Å². The van der Waals surface area contributed by atoms with Crippen molar-refractivity contribution in [1.29, 1.82) is 0 Å². The number of benzene rings is 1. The lowest BCUT2D eigenvalue weighted by Crippen LogP contribution is -2.43. The quantitative estimate of drug-likeness (QED) is 0.916. The number of carbonyl (C=O) groups is 1. The van der Waals surface area contributed by atoms with Crippen molar-refractivity contribution in [1.82, 2.24) is 4.90 Å². The Bertz CT molecular complexity index is 473. The molecule has 0 bridgehead atoms. The lowest BCUT2D eigenvalue weighted by Gasteiger charge is -2.32. The molecule has 1 N–H and O–H groups in total. The number of carbonyl (C=O) groups excluding carboxylic acids is 1. The molecular formula is C15H21NO4. The molecule has 1 aliphatic heterocycles. The van der Waals surface area contributed by atoms with E-state index in [-0.39, 0.29) is 17.8 Å². The van der Waals surface area contributed by atoms with Gasteiger partial charge in [-0.1, -0.05) is 0 Å². The zero-order valence-electron chi connectivity index (χ0n) is 12.0. The maximum absolute atomic E-state index is 12.4. The van der Waals surface area contributed by atoms with E-state index < -0.39 is 0 Å². The second-order valence-electron chi connectivity index (χ2n) is 4.86. The Kier molecular flexibility index (Phi) is 4.84. The molecule has 0 aliphatic carbocycles. The topological polar surface area (TPSA) is 59.0 Å². The van der Waals surface area contributed by atoms with Crippen LogP contribution in [0.25, 0.3) is 0 Å². The molecule has 0 spiro atoms. The highest BCUT2D eigenvalue weighted by Gasteiger charge is 2.25. The van der Waals surface area contributed by atoms with Crippen LogP contribution in [0.5, 0.6) is 11.5 Å². The lowest BCUT2D eigenvalue weighted by molar-refractivity contribution is 0.00723. The number of hydrogen-bond donors (Lipinski definition) is 1. The van der Waals surface area contributed by atoms with Gasteiger partial charge in [-0.05, 0) is 38.0 Å². The molecule has 0 radical (unpaired) electrons. The van der Waals surface area contributed by atoms with Crippen LogP contribution in [-0.2, 0) is 4.74 Å². The van der Waals surface area contributed by atoms with Crippen molar-refractivity contribution in [3.63, 3.8) is 0 Å². The molecule has 1 aromatic rings. The van der Waals surface area contributed by atoms with Gasteiger partial charge in [0.25, 0.3) is 5.91 Å². The molecule has 20 heavy (non-hydrogen) atoms. The number of hydrogen-bond acceptors (Lipinski definition) is 4. The van der Waals surface area contributed by atoms with Crippen LogP contribution >= 0.6 is 0 Å². The minimum absolute atomic E-state index is 0.0169. The summed E-state index contributed by atoms with van der Waals surface area (Å²) in [6, 6.07) is 4.73. The number of likely N-dealkylation sites (tertiary alicyclic amines) is 1. The number of phenolic OH excluding ortho intramolecular Hbond substituents is 1. The first-order chi connectivity index (χ1) is 9.65. The van der Waals surface area contributed by atoms with E-state index in [1.165, 1.54) is 13.2 Å². The molecule has 1 amide bonds. The standard InChI is InChI=1S/C15H21NO4/c1-3-20-12-5-4-8-16(10-12)15(18)11-6-7-14(19-2)13(17)9-11/h6-7,9,12,17H,3-5,8,10H2,1-2H3. The average Bonchev–Trinajstić information content (AvgIpc) is 2.47. The second-order valence-corrected chi connectivity index (χ2v) is 4.86. The monoisotopic (exact) mass is 279 g/mol. The molecule has 1 fully saturated rings. The molecule has 1 atom stereocenters. The van der Waals surface area contributed by atoms with Crippen molar-refractivity contribution in [3.8, 4) is 11.5 Å². The van der Waals surface area contributed by atoms with Gasteiger partial charge in [-0.2, -0.15) is 0 Å². The number of methoxy groups -OCH3 is 1. The van der Waals surface area contributed by atoms with Gasteiger partial charge < -0.3 is 19.5 Å². The van der Waals surface area contributed by atoms with E-state index in [0.717, 1.165) is 19.4 Å². The lowest BCUT2D eigenvalue weighted by atomic mass is 10.1. The molecule has 1 aromatic carbocycles. The van der Waals surface area contributed by atoms with E-state index in [0.29, 0.717) is 24.5 Å². The van der Waals surface area contributed by atoms with Gasteiger partial charge in [-0.15, -0.1) is 0 Å². The van der Waals surface area contributed by atoms with E-state index in [9.17, 15) is 9.90 Å². The Labute approximate surface area is 119 Å². The Hall–Kier alpha value is -1.75. The molecule has 110 valence electrons. The highest BCUT2D eigenvalue weighted by atomic mass is 16.5. The van der Waals surface area contributed by atoms with Crippen molar-refractivity contribution in [3.05, 3.63) is 23.8 Å². The first-order valence-corrected chi connectivity index (χ1v) is 6.93. The van der Waals surface area contributed by atoms with E-state index in [1.807, 2.05) is 6.92 Å². The molecule has 1 unspecified atom stereocenters. The van der Waals surface area contributed by atoms with Gasteiger partial charge >= 0.3 is 0 Å². The van der Waals surface area contributed by atoms with Gasteiger partial charge in [0.1, 0.15) is 0 Å². The van der Waals surface area contributed by atoms with E-state index in [4.69, 9.17) is 9.47 Å². The van der Waals surface area contributed by atoms with Gasteiger partial charge in [-0.3, -0.25) is 4.79 Å². The third kappa shape index (κ3) is 3.22. The van der Waals surface area contributed by atoms with Crippen molar-refractivity contribution in [2.75, 3.05) is 26.8 Å². The number of ether oxygens (including phenoxy) is 2. The number of rotatable bonds is 4. The highest BCUT2D eigenvalue weighted by molar-refractivity contribution is 5.95. The van der Waals surface area contributed by atoms with Crippen molar-refractivity contribution < 1.29 is 19.4 Å². The largest absolute Gasteiger partial charge is 0.504 e. The zero-order valence-corrected chi connectivity index (χ0v) is 12.0. The van der Waals surface area contributed by atoms with Crippen LogP contribution in [0.3, 0.4) is 0 Å². The van der Waals surface area contributed by atoms with E-state index in [1.54, 1.807) is 17.0 Å². The average molecular weight is 279 g/mol. The number of amides is 1. The first kappa shape index (κ1) is 14.7. The summed E-state index contributed by atoms with van der Waals surface area (Å²) < 4.78 is 10.6. The fourth-order valence-electron chi connectivity index (χ4n) is 2.50. The summed E-state index contributed by atoms with van der Waals surface area (Å²) in [7, 11) is 1.48. The fraction of sp³-hybridized carbons (Fsp3) is 0.533. The summed E-state index contributed by atoms with van der Waals surface area (Å²) in [4.78, 5) is 14.2. The fourth-order valence-corrected chi connectivity index (χ4v) is 2.50. The molecule has 1 saturated heterocycles. The third-order valence-corrected chi connectivity index (χ3v) is 3.49. The van der Waals surface area contributed by atoms with Gasteiger partial charge in [0, 0.05) is 25.3 Å². The van der Waals surface area contributed by atoms with Crippen molar-refractivity contribution in [2.24, 2.45) is 0 Å². The molecule has 0 aromatic heterocycles. The van der Waals surface area contributed by atoms with E-state index >= 15 is 0 Å². The van der Waals surface area contributed by atoms with E-state index in [2.05, 4.69) is 0 Å². The predicted molar refractivity (Wildman–Crippen MR) is 75.2 cm³/mol. The normalized spacial score (nSPS) is 18.9. The third-order valence-electron chi connectivity index (χ3n) is 3.49.